The molecule has 2 rings (SSSR count). The molecule has 1 aromatic rings. The van der Waals surface area contributed by atoms with Crippen molar-refractivity contribution in [3.05, 3.63) is 42.0 Å². The highest BCUT2D eigenvalue weighted by Crippen LogP contribution is 2.30. The highest BCUT2D eigenvalue weighted by Gasteiger charge is 2.14. The molecule has 1 aromatic carbocycles. The Kier molecular flexibility index (Phi) is 2.84. The number of rotatable bonds is 2. The fraction of sp³-hybridized carbons (Fsp3) is 0.333. The van der Waals surface area contributed by atoms with Crippen molar-refractivity contribution in [2.75, 3.05) is 13.7 Å². The van der Waals surface area contributed by atoms with Crippen LogP contribution in [0, 0.1) is 0 Å². The van der Waals surface area contributed by atoms with Crippen LogP contribution in [0.2, 0.25) is 0 Å². The maximum Gasteiger partial charge on any atom is 0.124 e. The summed E-state index contributed by atoms with van der Waals surface area (Å²) in [4.78, 5) is 0. The van der Waals surface area contributed by atoms with E-state index in [4.69, 9.17) is 9.47 Å². The fourth-order valence-corrected chi connectivity index (χ4v) is 1.63. The van der Waals surface area contributed by atoms with E-state index in [1.54, 1.807) is 7.11 Å². The van der Waals surface area contributed by atoms with Crippen LogP contribution in [0.4, 0.5) is 0 Å². The number of para-hydroxylation sites is 1. The van der Waals surface area contributed by atoms with Gasteiger partial charge in [0.05, 0.1) is 13.7 Å². The number of hydrogen-bond donors (Lipinski definition) is 0. The maximum atomic E-state index is 5.64. The first-order chi connectivity index (χ1) is 6.92. The zero-order valence-corrected chi connectivity index (χ0v) is 8.27. The lowest BCUT2D eigenvalue weighted by atomic mass is 10.1. The molecule has 0 saturated carbocycles. The lowest BCUT2D eigenvalue weighted by Crippen LogP contribution is -2.07. The van der Waals surface area contributed by atoms with E-state index in [0.29, 0.717) is 0 Å². The van der Waals surface area contributed by atoms with Gasteiger partial charge in [0, 0.05) is 5.56 Å². The van der Waals surface area contributed by atoms with E-state index in [0.717, 1.165) is 24.3 Å². The molecule has 1 atom stereocenters. The van der Waals surface area contributed by atoms with Crippen molar-refractivity contribution in [1.82, 2.24) is 0 Å². The summed E-state index contributed by atoms with van der Waals surface area (Å²) in [6, 6.07) is 7.97. The predicted molar refractivity (Wildman–Crippen MR) is 55.4 cm³/mol. The maximum absolute atomic E-state index is 5.64. The molecular formula is C12H14O2. The van der Waals surface area contributed by atoms with Crippen molar-refractivity contribution in [2.24, 2.45) is 0 Å². The molecule has 74 valence electrons. The molecular weight excluding hydrogens is 176 g/mol. The average Bonchev–Trinajstić information content (AvgIpc) is 2.30. The second-order valence-electron chi connectivity index (χ2n) is 3.25. The second kappa shape index (κ2) is 4.29. The smallest absolute Gasteiger partial charge is 0.124 e. The Labute approximate surface area is 84.2 Å². The highest BCUT2D eigenvalue weighted by molar-refractivity contribution is 5.37. The normalized spacial score (nSPS) is 20.8. The third-order valence-electron chi connectivity index (χ3n) is 2.34. The molecule has 1 heterocycles. The van der Waals surface area contributed by atoms with Gasteiger partial charge in [-0.2, -0.15) is 0 Å². The molecule has 0 spiro atoms. The molecule has 1 aliphatic heterocycles. The van der Waals surface area contributed by atoms with E-state index >= 15 is 0 Å². The number of benzene rings is 1. The predicted octanol–water partition coefficient (Wildman–Crippen LogP) is 2.71. The first-order valence-corrected chi connectivity index (χ1v) is 4.83. The number of ether oxygens (including phenoxy) is 2. The summed E-state index contributed by atoms with van der Waals surface area (Å²) in [6.45, 7) is 0.791. The van der Waals surface area contributed by atoms with Crippen molar-refractivity contribution in [3.63, 3.8) is 0 Å². The molecule has 0 bridgehead atoms. The Morgan fingerprint density at radius 2 is 2.21 bits per heavy atom. The van der Waals surface area contributed by atoms with Gasteiger partial charge in [-0.1, -0.05) is 30.4 Å². The van der Waals surface area contributed by atoms with E-state index in [2.05, 4.69) is 12.2 Å². The average molecular weight is 190 g/mol. The van der Waals surface area contributed by atoms with Gasteiger partial charge in [-0.3, -0.25) is 0 Å². The SMILES string of the molecule is COc1ccccc1[C@H]1C=CCCO1. The van der Waals surface area contributed by atoms with Gasteiger partial charge >= 0.3 is 0 Å². The molecule has 0 radical (unpaired) electrons. The summed E-state index contributed by atoms with van der Waals surface area (Å²) in [5.74, 6) is 0.893. The molecule has 0 unspecified atom stereocenters. The summed E-state index contributed by atoms with van der Waals surface area (Å²) in [5, 5.41) is 0. The van der Waals surface area contributed by atoms with E-state index in [1.165, 1.54) is 0 Å². The quantitative estimate of drug-likeness (QED) is 0.667. The first kappa shape index (κ1) is 9.28. The lowest BCUT2D eigenvalue weighted by Gasteiger charge is -2.19. The first-order valence-electron chi connectivity index (χ1n) is 4.83. The van der Waals surface area contributed by atoms with Crippen LogP contribution < -0.4 is 4.74 Å². The van der Waals surface area contributed by atoms with Gasteiger partial charge < -0.3 is 9.47 Å². The van der Waals surface area contributed by atoms with Crippen LogP contribution in [0.25, 0.3) is 0 Å². The van der Waals surface area contributed by atoms with Crippen molar-refractivity contribution < 1.29 is 9.47 Å². The molecule has 2 heteroatoms. The summed E-state index contributed by atoms with van der Waals surface area (Å²) < 4.78 is 10.9. The second-order valence-corrected chi connectivity index (χ2v) is 3.25. The van der Waals surface area contributed by atoms with Crippen molar-refractivity contribution >= 4 is 0 Å². The van der Waals surface area contributed by atoms with Crippen molar-refractivity contribution in [1.29, 1.82) is 0 Å². The molecule has 0 aromatic heterocycles. The molecule has 0 amide bonds. The fourth-order valence-electron chi connectivity index (χ4n) is 1.63. The van der Waals surface area contributed by atoms with Crippen LogP contribution in [0.5, 0.6) is 5.75 Å². The van der Waals surface area contributed by atoms with E-state index in [-0.39, 0.29) is 6.10 Å². The van der Waals surface area contributed by atoms with Crippen LogP contribution in [-0.4, -0.2) is 13.7 Å². The summed E-state index contributed by atoms with van der Waals surface area (Å²) in [6.07, 6.45) is 5.30. The van der Waals surface area contributed by atoms with Crippen LogP contribution >= 0.6 is 0 Å². The molecule has 14 heavy (non-hydrogen) atoms. The third kappa shape index (κ3) is 1.80. The van der Waals surface area contributed by atoms with Crippen LogP contribution in [0.1, 0.15) is 18.1 Å². The largest absolute Gasteiger partial charge is 0.496 e. The molecule has 0 fully saturated rings. The highest BCUT2D eigenvalue weighted by atomic mass is 16.5. The standard InChI is InChI=1S/C12H14O2/c1-13-11-7-3-2-6-10(11)12-8-4-5-9-14-12/h2-4,6-8,12H,5,9H2,1H3/t12-/m1/s1. The Bertz CT molecular complexity index is 331. The van der Waals surface area contributed by atoms with E-state index < -0.39 is 0 Å². The minimum absolute atomic E-state index is 0.0555. The Morgan fingerprint density at radius 1 is 1.36 bits per heavy atom. The van der Waals surface area contributed by atoms with Crippen LogP contribution in [-0.2, 0) is 4.74 Å². The minimum atomic E-state index is 0.0555. The number of hydrogen-bond acceptors (Lipinski definition) is 2. The zero-order chi connectivity index (χ0) is 9.80. The zero-order valence-electron chi connectivity index (χ0n) is 8.27. The van der Waals surface area contributed by atoms with Gasteiger partial charge in [-0.05, 0) is 12.5 Å². The van der Waals surface area contributed by atoms with Gasteiger partial charge in [-0.25, -0.2) is 0 Å². The Morgan fingerprint density at radius 3 is 2.93 bits per heavy atom. The molecule has 1 aliphatic rings. The van der Waals surface area contributed by atoms with E-state index in [9.17, 15) is 0 Å². The van der Waals surface area contributed by atoms with E-state index in [1.807, 2.05) is 24.3 Å². The third-order valence-corrected chi connectivity index (χ3v) is 2.34. The summed E-state index contributed by atoms with van der Waals surface area (Å²) >= 11 is 0. The van der Waals surface area contributed by atoms with Gasteiger partial charge in [0.25, 0.3) is 0 Å². The number of methoxy groups -OCH3 is 1. The molecule has 0 saturated heterocycles. The van der Waals surface area contributed by atoms with Crippen LogP contribution in [0.3, 0.4) is 0 Å². The van der Waals surface area contributed by atoms with Gasteiger partial charge in [-0.15, -0.1) is 0 Å². The van der Waals surface area contributed by atoms with Gasteiger partial charge in [0.1, 0.15) is 11.9 Å². The van der Waals surface area contributed by atoms with Gasteiger partial charge in [0.2, 0.25) is 0 Å². The molecule has 0 N–H and O–H groups in total. The topological polar surface area (TPSA) is 18.5 Å². The summed E-state index contributed by atoms with van der Waals surface area (Å²) in [7, 11) is 1.69. The Balaban J connectivity index is 2.29. The molecule has 2 nitrogen and oxygen atoms in total. The van der Waals surface area contributed by atoms with Gasteiger partial charge in [0.15, 0.2) is 0 Å². The lowest BCUT2D eigenvalue weighted by molar-refractivity contribution is 0.0783. The monoisotopic (exact) mass is 190 g/mol. The molecule has 0 aliphatic carbocycles. The van der Waals surface area contributed by atoms with Crippen molar-refractivity contribution in [3.8, 4) is 5.75 Å². The minimum Gasteiger partial charge on any atom is -0.496 e. The van der Waals surface area contributed by atoms with Crippen LogP contribution in [0.15, 0.2) is 36.4 Å². The van der Waals surface area contributed by atoms with Crippen molar-refractivity contribution in [2.45, 2.75) is 12.5 Å². The Hall–Kier alpha value is -1.28. The summed E-state index contributed by atoms with van der Waals surface area (Å²) in [5.41, 5.74) is 1.10.